The van der Waals surface area contributed by atoms with Gasteiger partial charge in [0.2, 0.25) is 5.91 Å². The number of nitrogens with one attached hydrogen (secondary N) is 2. The van der Waals surface area contributed by atoms with Crippen LogP contribution < -0.4 is 16.4 Å². The molecule has 4 N–H and O–H groups in total. The summed E-state index contributed by atoms with van der Waals surface area (Å²) in [5.41, 5.74) is 9.93. The SMILES string of the molecule is Cc1ccc(CCC(=O)Nc2ccc(NC(N)=O)cc2)c(C)c1. The summed E-state index contributed by atoms with van der Waals surface area (Å²) in [5, 5.41) is 5.31. The van der Waals surface area contributed by atoms with Gasteiger partial charge in [0.15, 0.2) is 0 Å². The van der Waals surface area contributed by atoms with Crippen molar-refractivity contribution in [1.29, 1.82) is 0 Å². The summed E-state index contributed by atoms with van der Waals surface area (Å²) in [6, 6.07) is 12.5. The van der Waals surface area contributed by atoms with Gasteiger partial charge in [0.1, 0.15) is 0 Å². The molecule has 0 bridgehead atoms. The second-order valence-electron chi connectivity index (χ2n) is 5.54. The molecule has 3 amide bonds. The third-order valence-corrected chi connectivity index (χ3v) is 3.56. The fourth-order valence-corrected chi connectivity index (χ4v) is 2.38. The zero-order valence-electron chi connectivity index (χ0n) is 13.3. The van der Waals surface area contributed by atoms with E-state index >= 15 is 0 Å². The third kappa shape index (κ3) is 5.14. The monoisotopic (exact) mass is 311 g/mol. The standard InChI is InChI=1S/C18H21N3O2/c1-12-3-4-14(13(2)11-12)5-10-17(22)20-15-6-8-16(9-7-15)21-18(19)23/h3-4,6-9,11H,5,10H2,1-2H3,(H,20,22)(H3,19,21,23). The molecule has 0 saturated heterocycles. The van der Waals surface area contributed by atoms with Gasteiger partial charge in [-0.3, -0.25) is 4.79 Å². The van der Waals surface area contributed by atoms with Crippen LogP contribution in [0.4, 0.5) is 16.2 Å². The molecule has 5 heteroatoms. The van der Waals surface area contributed by atoms with Crippen LogP contribution in [0.2, 0.25) is 0 Å². The molecule has 2 aromatic carbocycles. The molecule has 0 unspecified atom stereocenters. The van der Waals surface area contributed by atoms with Crippen LogP contribution in [0.25, 0.3) is 0 Å². The van der Waals surface area contributed by atoms with Crippen LogP contribution in [-0.2, 0) is 11.2 Å². The Morgan fingerprint density at radius 1 is 0.957 bits per heavy atom. The highest BCUT2D eigenvalue weighted by Crippen LogP contribution is 2.15. The minimum atomic E-state index is -0.616. The van der Waals surface area contributed by atoms with Crippen molar-refractivity contribution >= 4 is 23.3 Å². The number of carbonyl (C=O) groups excluding carboxylic acids is 2. The number of carbonyl (C=O) groups is 2. The van der Waals surface area contributed by atoms with Crippen molar-refractivity contribution in [2.45, 2.75) is 26.7 Å². The Balaban J connectivity index is 1.88. The number of urea groups is 1. The van der Waals surface area contributed by atoms with E-state index in [-0.39, 0.29) is 5.91 Å². The summed E-state index contributed by atoms with van der Waals surface area (Å²) in [6.45, 7) is 4.12. The van der Waals surface area contributed by atoms with Gasteiger partial charge >= 0.3 is 6.03 Å². The lowest BCUT2D eigenvalue weighted by Gasteiger charge is -2.09. The molecule has 0 spiro atoms. The third-order valence-electron chi connectivity index (χ3n) is 3.56. The van der Waals surface area contributed by atoms with Crippen LogP contribution in [0, 0.1) is 13.8 Å². The number of aryl methyl sites for hydroxylation is 3. The van der Waals surface area contributed by atoms with Crippen LogP contribution in [-0.4, -0.2) is 11.9 Å². The molecular formula is C18H21N3O2. The maximum Gasteiger partial charge on any atom is 0.316 e. The van der Waals surface area contributed by atoms with Gasteiger partial charge in [0, 0.05) is 17.8 Å². The van der Waals surface area contributed by atoms with Crippen molar-refractivity contribution < 1.29 is 9.59 Å². The second-order valence-corrected chi connectivity index (χ2v) is 5.54. The average molecular weight is 311 g/mol. The number of hydrogen-bond acceptors (Lipinski definition) is 2. The van der Waals surface area contributed by atoms with Gasteiger partial charge in [0.25, 0.3) is 0 Å². The van der Waals surface area contributed by atoms with E-state index in [1.165, 1.54) is 16.7 Å². The Bertz CT molecular complexity index is 709. The first-order valence-electron chi connectivity index (χ1n) is 7.46. The highest BCUT2D eigenvalue weighted by Gasteiger charge is 2.05. The fourth-order valence-electron chi connectivity index (χ4n) is 2.38. The summed E-state index contributed by atoms with van der Waals surface area (Å²) in [7, 11) is 0. The number of anilines is 2. The smallest absolute Gasteiger partial charge is 0.316 e. The van der Waals surface area contributed by atoms with Gasteiger partial charge in [-0.25, -0.2) is 4.79 Å². The molecule has 0 fully saturated rings. The molecule has 5 nitrogen and oxygen atoms in total. The van der Waals surface area contributed by atoms with Gasteiger partial charge in [-0.05, 0) is 55.7 Å². The minimum absolute atomic E-state index is 0.0411. The largest absolute Gasteiger partial charge is 0.351 e. The molecular weight excluding hydrogens is 290 g/mol. The molecule has 0 aliphatic heterocycles. The number of benzene rings is 2. The van der Waals surface area contributed by atoms with E-state index in [9.17, 15) is 9.59 Å². The minimum Gasteiger partial charge on any atom is -0.351 e. The molecule has 0 aliphatic carbocycles. The van der Waals surface area contributed by atoms with Crippen molar-refractivity contribution in [2.24, 2.45) is 5.73 Å². The first-order chi connectivity index (χ1) is 10.9. The molecule has 120 valence electrons. The summed E-state index contributed by atoms with van der Waals surface area (Å²) < 4.78 is 0. The van der Waals surface area contributed by atoms with Crippen molar-refractivity contribution in [2.75, 3.05) is 10.6 Å². The van der Waals surface area contributed by atoms with Crippen LogP contribution in [0.15, 0.2) is 42.5 Å². The van der Waals surface area contributed by atoms with Crippen LogP contribution >= 0.6 is 0 Å². The Morgan fingerprint density at radius 2 is 1.57 bits per heavy atom. The fraction of sp³-hybridized carbons (Fsp3) is 0.222. The van der Waals surface area contributed by atoms with Gasteiger partial charge in [0.05, 0.1) is 0 Å². The number of primary amides is 1. The van der Waals surface area contributed by atoms with Gasteiger partial charge in [-0.15, -0.1) is 0 Å². The topological polar surface area (TPSA) is 84.2 Å². The highest BCUT2D eigenvalue weighted by atomic mass is 16.2. The maximum absolute atomic E-state index is 12.0. The zero-order valence-corrected chi connectivity index (χ0v) is 13.3. The number of nitrogens with two attached hydrogens (primary N) is 1. The molecule has 0 aliphatic rings. The van der Waals surface area contributed by atoms with Crippen molar-refractivity contribution in [3.8, 4) is 0 Å². The maximum atomic E-state index is 12.0. The molecule has 0 radical (unpaired) electrons. The quantitative estimate of drug-likeness (QED) is 0.791. The molecule has 0 atom stereocenters. The lowest BCUT2D eigenvalue weighted by molar-refractivity contribution is -0.116. The zero-order chi connectivity index (χ0) is 16.8. The molecule has 2 aromatic rings. The summed E-state index contributed by atoms with van der Waals surface area (Å²) >= 11 is 0. The van der Waals surface area contributed by atoms with E-state index < -0.39 is 6.03 Å². The summed E-state index contributed by atoms with van der Waals surface area (Å²) in [4.78, 5) is 22.8. The normalized spacial score (nSPS) is 10.2. The summed E-state index contributed by atoms with van der Waals surface area (Å²) in [5.74, 6) is -0.0411. The Labute approximate surface area is 135 Å². The Kier molecular flexibility index (Phi) is 5.36. The first kappa shape index (κ1) is 16.5. The molecule has 0 heterocycles. The van der Waals surface area contributed by atoms with Crippen LogP contribution in [0.1, 0.15) is 23.1 Å². The number of amides is 3. The van der Waals surface area contributed by atoms with E-state index in [4.69, 9.17) is 5.73 Å². The lowest BCUT2D eigenvalue weighted by Crippen LogP contribution is -2.19. The van der Waals surface area contributed by atoms with Crippen molar-refractivity contribution in [3.63, 3.8) is 0 Å². The Morgan fingerprint density at radius 3 is 2.13 bits per heavy atom. The molecule has 2 rings (SSSR count). The second kappa shape index (κ2) is 7.45. The van der Waals surface area contributed by atoms with Gasteiger partial charge in [-0.2, -0.15) is 0 Å². The van der Waals surface area contributed by atoms with E-state index in [0.717, 1.165) is 0 Å². The molecule has 0 saturated carbocycles. The predicted molar refractivity (Wildman–Crippen MR) is 92.5 cm³/mol. The van der Waals surface area contributed by atoms with Crippen molar-refractivity contribution in [3.05, 3.63) is 59.2 Å². The average Bonchev–Trinajstić information content (AvgIpc) is 2.48. The van der Waals surface area contributed by atoms with E-state index in [2.05, 4.69) is 42.7 Å². The van der Waals surface area contributed by atoms with Gasteiger partial charge in [-0.1, -0.05) is 23.8 Å². The predicted octanol–water partition coefficient (Wildman–Crippen LogP) is 3.37. The molecule has 23 heavy (non-hydrogen) atoms. The number of rotatable bonds is 5. The lowest BCUT2D eigenvalue weighted by atomic mass is 10.0. The van der Waals surface area contributed by atoms with E-state index in [0.29, 0.717) is 24.2 Å². The van der Waals surface area contributed by atoms with E-state index in [1.54, 1.807) is 24.3 Å². The number of hydrogen-bond donors (Lipinski definition) is 3. The van der Waals surface area contributed by atoms with Crippen molar-refractivity contribution in [1.82, 2.24) is 0 Å². The summed E-state index contributed by atoms with van der Waals surface area (Å²) in [6.07, 6.45) is 1.13. The van der Waals surface area contributed by atoms with Crippen LogP contribution in [0.5, 0.6) is 0 Å². The highest BCUT2D eigenvalue weighted by molar-refractivity contribution is 5.92. The van der Waals surface area contributed by atoms with Gasteiger partial charge < -0.3 is 16.4 Å². The first-order valence-corrected chi connectivity index (χ1v) is 7.46. The Hall–Kier alpha value is -2.82. The van der Waals surface area contributed by atoms with E-state index in [1.807, 2.05) is 0 Å². The van der Waals surface area contributed by atoms with Crippen LogP contribution in [0.3, 0.4) is 0 Å². The molecule has 0 aromatic heterocycles.